The van der Waals surface area contributed by atoms with Gasteiger partial charge in [-0.25, -0.2) is 9.18 Å². The van der Waals surface area contributed by atoms with Crippen LogP contribution >= 0.6 is 0 Å². The van der Waals surface area contributed by atoms with E-state index < -0.39 is 16.6 Å². The van der Waals surface area contributed by atoms with E-state index in [-0.39, 0.29) is 12.4 Å². The van der Waals surface area contributed by atoms with Gasteiger partial charge in [-0.3, -0.25) is 0 Å². The smallest absolute Gasteiger partial charge is 0.374 e. The second-order valence-corrected chi connectivity index (χ2v) is 5.79. The van der Waals surface area contributed by atoms with Gasteiger partial charge in [0.15, 0.2) is 11.4 Å². The summed E-state index contributed by atoms with van der Waals surface area (Å²) in [4.78, 5) is 24.4. The fourth-order valence-electron chi connectivity index (χ4n) is 2.99. The maximum absolute atomic E-state index is 12.9. The van der Waals surface area contributed by atoms with Crippen LogP contribution in [0.4, 0.5) is 19.7 Å². The van der Waals surface area contributed by atoms with Crippen LogP contribution in [0.15, 0.2) is 48.5 Å². The van der Waals surface area contributed by atoms with E-state index >= 15 is 0 Å². The molecule has 0 fully saturated rings. The number of carbonyl (C=O) groups excluding carboxylic acids is 2. The zero-order chi connectivity index (χ0) is 17.2. The lowest BCUT2D eigenvalue weighted by Gasteiger charge is -2.23. The van der Waals surface area contributed by atoms with Gasteiger partial charge in [0.25, 0.3) is 0 Å². The molecule has 1 atom stereocenters. The molecule has 1 unspecified atom stereocenters. The Kier molecular flexibility index (Phi) is 4.31. The number of quaternary nitrogens is 1. The Morgan fingerprint density at radius 1 is 1.08 bits per heavy atom. The molecule has 6 heteroatoms. The third-order valence-corrected chi connectivity index (χ3v) is 4.28. The van der Waals surface area contributed by atoms with E-state index in [1.807, 2.05) is 0 Å². The highest BCUT2D eigenvalue weighted by Gasteiger charge is 2.54. The lowest BCUT2D eigenvalue weighted by Crippen LogP contribution is -2.60. The zero-order valence-electron chi connectivity index (χ0n) is 13.1. The van der Waals surface area contributed by atoms with E-state index in [2.05, 4.69) is 0 Å². The minimum absolute atomic E-state index is 0.242. The van der Waals surface area contributed by atoms with Crippen molar-refractivity contribution in [2.24, 2.45) is 5.73 Å². The van der Waals surface area contributed by atoms with Crippen molar-refractivity contribution in [2.45, 2.75) is 19.3 Å². The van der Waals surface area contributed by atoms with Gasteiger partial charge in [-0.1, -0.05) is 24.3 Å². The molecule has 0 spiro atoms. The van der Waals surface area contributed by atoms with E-state index in [4.69, 9.17) is 10.5 Å². The second kappa shape index (κ2) is 6.41. The first-order chi connectivity index (χ1) is 11.5. The molecule has 0 saturated carbocycles. The van der Waals surface area contributed by atoms with Crippen molar-refractivity contribution in [3.8, 4) is 5.75 Å². The predicted octanol–water partition coefficient (Wildman–Crippen LogP) is 3.75. The quantitative estimate of drug-likeness (QED) is 0.671. The number of nitrogens with two attached hydrogens (primary N) is 1. The van der Waals surface area contributed by atoms with E-state index in [0.717, 1.165) is 18.4 Å². The van der Waals surface area contributed by atoms with Crippen LogP contribution in [0.3, 0.4) is 0 Å². The van der Waals surface area contributed by atoms with E-state index in [0.29, 0.717) is 17.9 Å². The summed E-state index contributed by atoms with van der Waals surface area (Å²) in [5.74, 6) is 0.105. The number of rotatable bonds is 5. The summed E-state index contributed by atoms with van der Waals surface area (Å²) in [5, 5.41) is 0. The van der Waals surface area contributed by atoms with Crippen molar-refractivity contribution in [3.63, 3.8) is 0 Å². The number of amides is 3. The first-order valence-corrected chi connectivity index (χ1v) is 7.78. The molecule has 3 amide bonds. The van der Waals surface area contributed by atoms with E-state index in [1.54, 1.807) is 36.4 Å². The number of unbranched alkanes of at least 4 members (excludes halogenated alkanes) is 1. The molecule has 1 aliphatic heterocycles. The number of primary amides is 1. The van der Waals surface area contributed by atoms with Gasteiger partial charge < -0.3 is 10.5 Å². The van der Waals surface area contributed by atoms with Crippen molar-refractivity contribution < 1.29 is 18.7 Å². The number of carbonyl (C=O) groups is 2. The molecule has 0 radical (unpaired) electrons. The number of aryl methyl sites for hydroxylation is 1. The summed E-state index contributed by atoms with van der Waals surface area (Å²) in [6.07, 6.45) is 1.42. The standard InChI is InChI=1S/C18H17FN2O3/c19-14-10-8-13(9-11-14)5-3-4-12-21(17(20)22)15-6-1-2-7-16(15)24-18(21)23/h1-2,6-11H,3-5,12H2,(H-,20,22)/p+1. The largest absolute Gasteiger partial charge is 0.536 e. The third kappa shape index (κ3) is 2.76. The molecule has 0 saturated heterocycles. The molecular formula is C18H18FN2O3+. The number of halogens is 1. The van der Waals surface area contributed by atoms with Gasteiger partial charge in [0.05, 0.1) is 0 Å². The molecule has 124 valence electrons. The molecule has 0 bridgehead atoms. The number of nitrogens with zero attached hydrogens (tertiary/aromatic N) is 1. The summed E-state index contributed by atoms with van der Waals surface area (Å²) in [5.41, 5.74) is 7.03. The molecule has 2 aromatic rings. The average Bonchev–Trinajstić information content (AvgIpc) is 2.86. The van der Waals surface area contributed by atoms with Gasteiger partial charge in [-0.05, 0) is 43.0 Å². The van der Waals surface area contributed by atoms with Crippen molar-refractivity contribution in [1.82, 2.24) is 4.48 Å². The zero-order valence-corrected chi connectivity index (χ0v) is 13.1. The van der Waals surface area contributed by atoms with Crippen molar-refractivity contribution >= 4 is 17.8 Å². The first-order valence-electron chi connectivity index (χ1n) is 7.78. The number of imide groups is 1. The highest BCUT2D eigenvalue weighted by Crippen LogP contribution is 2.40. The Bertz CT molecular complexity index is 776. The van der Waals surface area contributed by atoms with E-state index in [1.165, 1.54) is 12.1 Å². The minimum atomic E-state index is -0.744. The minimum Gasteiger partial charge on any atom is -0.374 e. The summed E-state index contributed by atoms with van der Waals surface area (Å²) in [6, 6.07) is 12.4. The molecule has 0 aliphatic carbocycles. The van der Waals surface area contributed by atoms with E-state index in [9.17, 15) is 14.0 Å². The number of para-hydroxylation sites is 2. The predicted molar refractivity (Wildman–Crippen MR) is 88.0 cm³/mol. The first kappa shape index (κ1) is 16.1. The number of hydrogen-bond donors (Lipinski definition) is 1. The maximum atomic E-state index is 12.9. The molecule has 5 nitrogen and oxygen atoms in total. The number of fused-ring (bicyclic) bond motifs is 1. The Morgan fingerprint density at radius 3 is 2.50 bits per heavy atom. The summed E-state index contributed by atoms with van der Waals surface area (Å²) in [6.45, 7) is 0.242. The van der Waals surface area contributed by atoms with Crippen molar-refractivity contribution in [2.75, 3.05) is 6.54 Å². The summed E-state index contributed by atoms with van der Waals surface area (Å²) >= 11 is 0. The van der Waals surface area contributed by atoms with Gasteiger partial charge in [0.2, 0.25) is 0 Å². The average molecular weight is 329 g/mol. The van der Waals surface area contributed by atoms with Gasteiger partial charge >= 0.3 is 12.1 Å². The fraction of sp³-hybridized carbons (Fsp3) is 0.222. The van der Waals surface area contributed by atoms with Crippen LogP contribution < -0.4 is 15.0 Å². The van der Waals surface area contributed by atoms with Crippen LogP contribution in [0.1, 0.15) is 18.4 Å². The van der Waals surface area contributed by atoms with Crippen LogP contribution in [0.5, 0.6) is 5.75 Å². The number of urea groups is 1. The normalized spacial score (nSPS) is 19.0. The third-order valence-electron chi connectivity index (χ3n) is 4.28. The SMILES string of the molecule is NC(=O)[N+]1(CCCCc2ccc(F)cc2)C(=O)Oc2ccccc21. The Morgan fingerprint density at radius 2 is 1.79 bits per heavy atom. The Hall–Kier alpha value is -2.73. The van der Waals surface area contributed by atoms with Crippen LogP contribution in [0.2, 0.25) is 0 Å². The van der Waals surface area contributed by atoms with Crippen LogP contribution in [0.25, 0.3) is 0 Å². The maximum Gasteiger partial charge on any atom is 0.536 e. The fourth-order valence-corrected chi connectivity index (χ4v) is 2.99. The molecule has 3 rings (SSSR count). The van der Waals surface area contributed by atoms with Crippen molar-refractivity contribution in [3.05, 3.63) is 59.9 Å². The highest BCUT2D eigenvalue weighted by atomic mass is 19.1. The molecule has 1 heterocycles. The van der Waals surface area contributed by atoms with Crippen LogP contribution in [0, 0.1) is 5.82 Å². The van der Waals surface area contributed by atoms with Crippen molar-refractivity contribution in [1.29, 1.82) is 0 Å². The molecule has 2 N–H and O–H groups in total. The molecular weight excluding hydrogens is 311 g/mol. The topological polar surface area (TPSA) is 69.4 Å². The monoisotopic (exact) mass is 329 g/mol. The number of ether oxygens (including phenoxy) is 1. The molecule has 24 heavy (non-hydrogen) atoms. The Balaban J connectivity index is 1.70. The van der Waals surface area contributed by atoms with Crippen LogP contribution in [-0.4, -0.2) is 18.7 Å². The van der Waals surface area contributed by atoms with Crippen LogP contribution in [-0.2, 0) is 6.42 Å². The molecule has 1 aliphatic rings. The molecule has 0 aromatic heterocycles. The van der Waals surface area contributed by atoms with Gasteiger partial charge in [0.1, 0.15) is 12.4 Å². The van der Waals surface area contributed by atoms with Gasteiger partial charge in [-0.15, -0.1) is 4.48 Å². The van der Waals surface area contributed by atoms with Gasteiger partial charge in [0, 0.05) is 6.07 Å². The Labute approximate surface area is 139 Å². The second-order valence-electron chi connectivity index (χ2n) is 5.79. The lowest BCUT2D eigenvalue weighted by atomic mass is 10.1. The number of benzene rings is 2. The summed E-state index contributed by atoms with van der Waals surface area (Å²) < 4.78 is 17.5. The van der Waals surface area contributed by atoms with Gasteiger partial charge in [-0.2, -0.15) is 4.79 Å². The highest BCUT2D eigenvalue weighted by molar-refractivity contribution is 6.09. The summed E-state index contributed by atoms with van der Waals surface area (Å²) in [7, 11) is 0. The molecule has 2 aromatic carbocycles. The number of hydrogen-bond acceptors (Lipinski definition) is 3. The lowest BCUT2D eigenvalue weighted by molar-refractivity contribution is 0.170.